The van der Waals surface area contributed by atoms with Crippen LogP contribution >= 0.6 is 0 Å². The quantitative estimate of drug-likeness (QED) is 0.246. The summed E-state index contributed by atoms with van der Waals surface area (Å²) in [6, 6.07) is 13.0. The van der Waals surface area contributed by atoms with Gasteiger partial charge >= 0.3 is 22.2 Å². The average Bonchev–Trinajstić information content (AvgIpc) is 2.83. The highest BCUT2D eigenvalue weighted by Gasteiger charge is 2.26. The molecule has 2 aromatic carbocycles. The molecule has 8 heteroatoms. The third kappa shape index (κ3) is 2.59. The summed E-state index contributed by atoms with van der Waals surface area (Å²) < 4.78 is 5.86. The van der Waals surface area contributed by atoms with Crippen molar-refractivity contribution in [1.82, 2.24) is 9.13 Å². The van der Waals surface area contributed by atoms with Crippen molar-refractivity contribution in [3.8, 4) is 0 Å². The van der Waals surface area contributed by atoms with Crippen LogP contribution in [0.15, 0.2) is 92.5 Å². The first-order valence-corrected chi connectivity index (χ1v) is 10.6. The zero-order chi connectivity index (χ0) is 23.7. The molecule has 4 aromatic heterocycles. The van der Waals surface area contributed by atoms with Gasteiger partial charge in [-0.2, -0.15) is 0 Å². The SMILES string of the molecule is Cn1ccc(=[n+]2c(=O)c3ccc4c(=O)[n+](=c5ccn(C)cc5)c(=O)c5ccc(c2=O)c3c45)cc1. The van der Waals surface area contributed by atoms with Crippen LogP contribution in [0, 0.1) is 10.7 Å². The minimum Gasteiger partial charge on any atom is -0.357 e. The first-order chi connectivity index (χ1) is 16.4. The van der Waals surface area contributed by atoms with E-state index in [1.165, 1.54) is 0 Å². The van der Waals surface area contributed by atoms with Crippen molar-refractivity contribution in [3.05, 3.63) is 125 Å². The van der Waals surface area contributed by atoms with E-state index in [1.807, 2.05) is 14.1 Å². The Morgan fingerprint density at radius 2 is 0.735 bits per heavy atom. The standard InChI is InChI=1S/C26H18N4O4/c1-27-11-7-15(8-12-27)29-23(31)17-3-5-19-22-20(6-4-18(21(17)22)24(29)32)26(34)30(25(19)33)16-9-13-28(2)14-10-16/h3-14H,1-2H3/q+2. The molecule has 0 aliphatic rings. The average molecular weight is 450 g/mol. The fraction of sp³-hybridized carbons (Fsp3) is 0.0769. The number of aromatic nitrogens is 4. The second kappa shape index (κ2) is 6.89. The summed E-state index contributed by atoms with van der Waals surface area (Å²) in [6.07, 6.45) is 7.00. The Hall–Kier alpha value is -4.72. The smallest absolute Gasteiger partial charge is 0.357 e. The van der Waals surface area contributed by atoms with Gasteiger partial charge in [-0.3, -0.25) is 0 Å². The van der Waals surface area contributed by atoms with E-state index in [0.717, 1.165) is 8.49 Å². The molecule has 0 aliphatic heterocycles. The van der Waals surface area contributed by atoms with Crippen molar-refractivity contribution in [1.29, 1.82) is 0 Å². The fourth-order valence-corrected chi connectivity index (χ4v) is 4.63. The number of pyridine rings is 4. The van der Waals surface area contributed by atoms with Crippen LogP contribution in [0.25, 0.3) is 32.3 Å². The predicted molar refractivity (Wildman–Crippen MR) is 126 cm³/mol. The van der Waals surface area contributed by atoms with Crippen molar-refractivity contribution in [2.75, 3.05) is 0 Å². The van der Waals surface area contributed by atoms with Gasteiger partial charge in [0, 0.05) is 73.9 Å². The van der Waals surface area contributed by atoms with Crippen LogP contribution in [0.5, 0.6) is 0 Å². The summed E-state index contributed by atoms with van der Waals surface area (Å²) in [7, 11) is 3.68. The Balaban J connectivity index is 1.93. The molecule has 0 saturated heterocycles. The Bertz CT molecular complexity index is 1940. The van der Waals surface area contributed by atoms with E-state index in [-0.39, 0.29) is 21.5 Å². The highest BCUT2D eigenvalue weighted by atomic mass is 16.2. The maximum Gasteiger partial charge on any atom is 0.429 e. The highest BCUT2D eigenvalue weighted by Crippen LogP contribution is 2.27. The molecular weight excluding hydrogens is 432 g/mol. The Labute approximate surface area is 189 Å². The first kappa shape index (κ1) is 19.9. The van der Waals surface area contributed by atoms with Gasteiger partial charge < -0.3 is 9.13 Å². The topological polar surface area (TPSA) is 89.9 Å². The van der Waals surface area contributed by atoms with Crippen molar-refractivity contribution < 1.29 is 8.49 Å². The molecule has 0 bridgehead atoms. The van der Waals surface area contributed by atoms with Gasteiger partial charge in [0.25, 0.3) is 0 Å². The van der Waals surface area contributed by atoms with Crippen molar-refractivity contribution >= 4 is 32.3 Å². The summed E-state index contributed by atoms with van der Waals surface area (Å²) >= 11 is 0. The molecular formula is C26H18N4O4+2. The molecule has 0 amide bonds. The summed E-state index contributed by atoms with van der Waals surface area (Å²) in [4.78, 5) is 53.7. The van der Waals surface area contributed by atoms with E-state index >= 15 is 0 Å². The number of rotatable bonds is 0. The molecule has 4 heterocycles. The second-order valence-corrected chi connectivity index (χ2v) is 8.41. The van der Waals surface area contributed by atoms with Crippen LogP contribution in [0.2, 0.25) is 0 Å². The predicted octanol–water partition coefficient (Wildman–Crippen LogP) is 0.313. The van der Waals surface area contributed by atoms with Gasteiger partial charge in [-0.05, 0) is 24.3 Å². The number of benzene rings is 2. The fourth-order valence-electron chi connectivity index (χ4n) is 4.63. The third-order valence-corrected chi connectivity index (χ3v) is 6.33. The Kier molecular flexibility index (Phi) is 4.04. The molecule has 0 N–H and O–H groups in total. The van der Waals surface area contributed by atoms with Gasteiger partial charge in [-0.1, -0.05) is 8.49 Å². The minimum absolute atomic E-state index is 0.282. The van der Waals surface area contributed by atoms with Crippen molar-refractivity contribution in [2.24, 2.45) is 14.1 Å². The molecule has 0 spiro atoms. The molecule has 0 aliphatic carbocycles. The lowest BCUT2D eigenvalue weighted by atomic mass is 9.97. The van der Waals surface area contributed by atoms with Gasteiger partial charge in [-0.25, -0.2) is 19.2 Å². The van der Waals surface area contributed by atoms with Gasteiger partial charge in [0.2, 0.25) is 10.7 Å². The lowest BCUT2D eigenvalue weighted by molar-refractivity contribution is -0.540. The van der Waals surface area contributed by atoms with E-state index < -0.39 is 22.2 Å². The van der Waals surface area contributed by atoms with E-state index in [9.17, 15) is 19.2 Å². The second-order valence-electron chi connectivity index (χ2n) is 8.41. The number of aryl methyl sites for hydroxylation is 2. The Morgan fingerprint density at radius 1 is 0.471 bits per heavy atom. The molecule has 8 nitrogen and oxygen atoms in total. The summed E-state index contributed by atoms with van der Waals surface area (Å²) in [5.41, 5.74) is -1.97. The molecule has 6 rings (SSSR count). The summed E-state index contributed by atoms with van der Waals surface area (Å²) in [5.74, 6) is 0. The molecule has 0 radical (unpaired) electrons. The van der Waals surface area contributed by atoms with E-state index in [0.29, 0.717) is 21.5 Å². The lowest BCUT2D eigenvalue weighted by Gasteiger charge is -2.04. The molecule has 164 valence electrons. The van der Waals surface area contributed by atoms with Gasteiger partial charge in [-0.15, -0.1) is 0 Å². The van der Waals surface area contributed by atoms with Gasteiger partial charge in [0.1, 0.15) is 21.5 Å². The molecule has 6 aromatic rings. The normalized spacial score (nSPS) is 11.7. The molecule has 0 unspecified atom stereocenters. The van der Waals surface area contributed by atoms with E-state index in [2.05, 4.69) is 0 Å². The van der Waals surface area contributed by atoms with Crippen LogP contribution < -0.4 is 30.7 Å². The number of hydrogen-bond donors (Lipinski definition) is 0. The zero-order valence-electron chi connectivity index (χ0n) is 18.4. The molecule has 0 saturated carbocycles. The Morgan fingerprint density at radius 3 is 1.00 bits per heavy atom. The van der Waals surface area contributed by atoms with Crippen LogP contribution in [0.1, 0.15) is 0 Å². The van der Waals surface area contributed by atoms with Crippen LogP contribution in [0.3, 0.4) is 0 Å². The summed E-state index contributed by atoms with van der Waals surface area (Å²) in [5, 5.41) is 2.72. The maximum atomic E-state index is 13.4. The van der Waals surface area contributed by atoms with E-state index in [1.54, 1.807) is 82.5 Å². The number of nitrogens with zero attached hydrogens (tertiary/aromatic N) is 4. The monoisotopic (exact) mass is 450 g/mol. The largest absolute Gasteiger partial charge is 0.429 e. The highest BCUT2D eigenvalue weighted by molar-refractivity contribution is 6.21. The van der Waals surface area contributed by atoms with Crippen LogP contribution in [0.4, 0.5) is 0 Å². The van der Waals surface area contributed by atoms with Crippen molar-refractivity contribution in [2.45, 2.75) is 0 Å². The van der Waals surface area contributed by atoms with E-state index in [4.69, 9.17) is 0 Å². The zero-order valence-corrected chi connectivity index (χ0v) is 18.4. The maximum absolute atomic E-state index is 13.4. The molecule has 0 fully saturated rings. The lowest BCUT2D eigenvalue weighted by Crippen LogP contribution is -2.52. The van der Waals surface area contributed by atoms with Crippen molar-refractivity contribution in [3.63, 3.8) is 0 Å². The molecule has 0 atom stereocenters. The van der Waals surface area contributed by atoms with Gasteiger partial charge in [0.15, 0.2) is 0 Å². The third-order valence-electron chi connectivity index (χ3n) is 6.33. The van der Waals surface area contributed by atoms with Gasteiger partial charge in [0.05, 0.1) is 0 Å². The minimum atomic E-state index is -0.493. The molecule has 34 heavy (non-hydrogen) atoms. The van der Waals surface area contributed by atoms with Crippen LogP contribution in [-0.4, -0.2) is 9.13 Å². The summed E-state index contributed by atoms with van der Waals surface area (Å²) in [6.45, 7) is 0. The number of hydrogen-bond acceptors (Lipinski definition) is 4. The first-order valence-electron chi connectivity index (χ1n) is 10.6. The van der Waals surface area contributed by atoms with Crippen LogP contribution in [-0.2, 0) is 14.1 Å².